The molecule has 0 saturated carbocycles. The zero-order chi connectivity index (χ0) is 17.3. The minimum atomic E-state index is -0.255. The molecule has 1 amide bonds. The van der Waals surface area contributed by atoms with Crippen molar-refractivity contribution in [3.63, 3.8) is 0 Å². The lowest BCUT2D eigenvalue weighted by atomic mass is 10.0. The summed E-state index contributed by atoms with van der Waals surface area (Å²) in [5.74, 6) is -0.332. The maximum atomic E-state index is 13.1. The molecule has 3 rings (SSSR count). The topological polar surface area (TPSA) is 34.0 Å². The molecular formula is C19H21FN2OS. The van der Waals surface area contributed by atoms with E-state index in [1.54, 1.807) is 23.5 Å². The highest BCUT2D eigenvalue weighted by Gasteiger charge is 2.22. The van der Waals surface area contributed by atoms with Crippen LogP contribution >= 0.6 is 11.3 Å². The molecule has 3 aromatic rings. The van der Waals surface area contributed by atoms with E-state index in [1.807, 2.05) is 35.9 Å². The van der Waals surface area contributed by atoms with Crippen molar-refractivity contribution >= 4 is 27.5 Å². The van der Waals surface area contributed by atoms with Gasteiger partial charge in [-0.15, -0.1) is 11.3 Å². The van der Waals surface area contributed by atoms with Gasteiger partial charge in [-0.25, -0.2) is 4.39 Å². The van der Waals surface area contributed by atoms with E-state index in [2.05, 4.69) is 12.2 Å². The molecule has 0 unspecified atom stereocenters. The first-order valence-electron chi connectivity index (χ1n) is 8.03. The fourth-order valence-corrected chi connectivity index (χ4v) is 3.39. The first-order valence-corrected chi connectivity index (χ1v) is 8.91. The zero-order valence-electron chi connectivity index (χ0n) is 14.1. The molecule has 0 aliphatic heterocycles. The van der Waals surface area contributed by atoms with Crippen LogP contribution < -0.4 is 5.32 Å². The summed E-state index contributed by atoms with van der Waals surface area (Å²) in [5, 5.41) is 5.11. The van der Waals surface area contributed by atoms with Crippen molar-refractivity contribution < 1.29 is 9.18 Å². The Balaban J connectivity index is 1.97. The third kappa shape index (κ3) is 3.36. The molecule has 0 aliphatic carbocycles. The number of thiophene rings is 1. The quantitative estimate of drug-likeness (QED) is 0.708. The standard InChI is InChI=1S/C19H21FN2OS/c1-4-19(2,3)21-18(23)16-11-17-15(9-10-24-17)22(16)12-13-5-7-14(20)8-6-13/h5-11H,4,12H2,1-3H3,(H,21,23). The van der Waals surface area contributed by atoms with E-state index in [0.29, 0.717) is 12.2 Å². The number of nitrogens with zero attached hydrogens (tertiary/aromatic N) is 1. The Hall–Kier alpha value is -2.14. The summed E-state index contributed by atoms with van der Waals surface area (Å²) >= 11 is 1.62. The molecule has 0 atom stereocenters. The van der Waals surface area contributed by atoms with Crippen molar-refractivity contribution in [2.45, 2.75) is 39.3 Å². The average Bonchev–Trinajstić information content (AvgIpc) is 3.11. The minimum Gasteiger partial charge on any atom is -0.346 e. The Bertz CT molecular complexity index is 861. The summed E-state index contributed by atoms with van der Waals surface area (Å²) in [7, 11) is 0. The van der Waals surface area contributed by atoms with E-state index in [0.717, 1.165) is 22.2 Å². The molecule has 0 spiro atoms. The lowest BCUT2D eigenvalue weighted by Crippen LogP contribution is -2.43. The van der Waals surface area contributed by atoms with Crippen molar-refractivity contribution in [2.75, 3.05) is 0 Å². The van der Waals surface area contributed by atoms with Gasteiger partial charge in [0.15, 0.2) is 0 Å². The van der Waals surface area contributed by atoms with Gasteiger partial charge < -0.3 is 9.88 Å². The van der Waals surface area contributed by atoms with Crippen molar-refractivity contribution in [1.82, 2.24) is 9.88 Å². The van der Waals surface area contributed by atoms with Crippen LogP contribution in [0.2, 0.25) is 0 Å². The van der Waals surface area contributed by atoms with Crippen LogP contribution in [-0.4, -0.2) is 16.0 Å². The molecule has 0 saturated heterocycles. The zero-order valence-corrected chi connectivity index (χ0v) is 14.9. The van der Waals surface area contributed by atoms with Gasteiger partial charge in [0.2, 0.25) is 0 Å². The van der Waals surface area contributed by atoms with Crippen molar-refractivity contribution in [3.8, 4) is 0 Å². The summed E-state index contributed by atoms with van der Waals surface area (Å²) < 4.78 is 16.2. The van der Waals surface area contributed by atoms with E-state index in [4.69, 9.17) is 0 Å². The number of hydrogen-bond donors (Lipinski definition) is 1. The highest BCUT2D eigenvalue weighted by Crippen LogP contribution is 2.27. The lowest BCUT2D eigenvalue weighted by molar-refractivity contribution is 0.0902. The van der Waals surface area contributed by atoms with Gasteiger partial charge in [0.1, 0.15) is 11.5 Å². The number of halogens is 1. The summed E-state index contributed by atoms with van der Waals surface area (Å²) in [5.41, 5.74) is 2.38. The Morgan fingerprint density at radius 2 is 1.96 bits per heavy atom. The number of benzene rings is 1. The van der Waals surface area contributed by atoms with Crippen LogP contribution in [0.5, 0.6) is 0 Å². The number of amides is 1. The minimum absolute atomic E-state index is 0.0765. The first kappa shape index (κ1) is 16.7. The lowest BCUT2D eigenvalue weighted by Gasteiger charge is -2.24. The van der Waals surface area contributed by atoms with Crippen LogP contribution in [0, 0.1) is 5.82 Å². The van der Waals surface area contributed by atoms with E-state index in [9.17, 15) is 9.18 Å². The predicted octanol–water partition coefficient (Wildman–Crippen LogP) is 4.81. The summed E-state index contributed by atoms with van der Waals surface area (Å²) in [6.07, 6.45) is 0.853. The molecule has 126 valence electrons. The number of hydrogen-bond acceptors (Lipinski definition) is 2. The molecule has 5 heteroatoms. The fraction of sp³-hybridized carbons (Fsp3) is 0.316. The largest absolute Gasteiger partial charge is 0.346 e. The second kappa shape index (κ2) is 6.40. The molecule has 0 fully saturated rings. The van der Waals surface area contributed by atoms with Crippen molar-refractivity contribution in [3.05, 3.63) is 58.9 Å². The Kier molecular flexibility index (Phi) is 4.45. The molecule has 24 heavy (non-hydrogen) atoms. The predicted molar refractivity (Wildman–Crippen MR) is 97.2 cm³/mol. The van der Waals surface area contributed by atoms with E-state index in [1.165, 1.54) is 12.1 Å². The fourth-order valence-electron chi connectivity index (χ4n) is 2.57. The van der Waals surface area contributed by atoms with Gasteiger partial charge in [0.05, 0.1) is 10.2 Å². The monoisotopic (exact) mass is 344 g/mol. The smallest absolute Gasteiger partial charge is 0.268 e. The summed E-state index contributed by atoms with van der Waals surface area (Å²) in [4.78, 5) is 12.8. The average molecular weight is 344 g/mol. The number of carbonyl (C=O) groups excluding carboxylic acids is 1. The molecule has 0 radical (unpaired) electrons. The summed E-state index contributed by atoms with van der Waals surface area (Å²) in [6, 6.07) is 10.4. The normalized spacial score (nSPS) is 11.8. The molecule has 2 heterocycles. The number of aromatic nitrogens is 1. The molecular weight excluding hydrogens is 323 g/mol. The second-order valence-corrected chi connectivity index (χ2v) is 7.55. The van der Waals surface area contributed by atoms with Gasteiger partial charge in [0, 0.05) is 12.1 Å². The number of nitrogens with one attached hydrogen (secondary N) is 1. The number of carbonyl (C=O) groups is 1. The van der Waals surface area contributed by atoms with Gasteiger partial charge in [-0.1, -0.05) is 19.1 Å². The van der Waals surface area contributed by atoms with E-state index < -0.39 is 0 Å². The first-order chi connectivity index (χ1) is 11.4. The molecule has 1 aromatic carbocycles. The Morgan fingerprint density at radius 1 is 1.25 bits per heavy atom. The van der Waals surface area contributed by atoms with Crippen LogP contribution in [0.25, 0.3) is 10.2 Å². The third-order valence-electron chi connectivity index (χ3n) is 4.35. The van der Waals surface area contributed by atoms with Gasteiger partial charge in [0.25, 0.3) is 5.91 Å². The molecule has 0 bridgehead atoms. The Morgan fingerprint density at radius 3 is 2.62 bits per heavy atom. The van der Waals surface area contributed by atoms with Crippen LogP contribution in [-0.2, 0) is 6.54 Å². The van der Waals surface area contributed by atoms with Crippen LogP contribution in [0.15, 0.2) is 41.8 Å². The number of rotatable bonds is 5. The molecule has 0 aliphatic rings. The highest BCUT2D eigenvalue weighted by molar-refractivity contribution is 7.17. The number of fused-ring (bicyclic) bond motifs is 1. The van der Waals surface area contributed by atoms with Gasteiger partial charge in [-0.3, -0.25) is 4.79 Å². The third-order valence-corrected chi connectivity index (χ3v) is 5.20. The van der Waals surface area contributed by atoms with Gasteiger partial charge in [-0.2, -0.15) is 0 Å². The van der Waals surface area contributed by atoms with Crippen LogP contribution in [0.1, 0.15) is 43.2 Å². The van der Waals surface area contributed by atoms with Crippen molar-refractivity contribution in [2.24, 2.45) is 0 Å². The summed E-state index contributed by atoms with van der Waals surface area (Å²) in [6.45, 7) is 6.62. The van der Waals surface area contributed by atoms with E-state index >= 15 is 0 Å². The second-order valence-electron chi connectivity index (χ2n) is 6.60. The van der Waals surface area contributed by atoms with Gasteiger partial charge in [-0.05, 0) is 55.5 Å². The molecule has 2 aromatic heterocycles. The maximum Gasteiger partial charge on any atom is 0.268 e. The Labute approximate surface area is 145 Å². The van der Waals surface area contributed by atoms with Gasteiger partial charge >= 0.3 is 0 Å². The molecule has 1 N–H and O–H groups in total. The van der Waals surface area contributed by atoms with E-state index in [-0.39, 0.29) is 17.3 Å². The maximum absolute atomic E-state index is 13.1. The van der Waals surface area contributed by atoms with Crippen LogP contribution in [0.4, 0.5) is 4.39 Å². The molecule has 3 nitrogen and oxygen atoms in total. The van der Waals surface area contributed by atoms with Crippen LogP contribution in [0.3, 0.4) is 0 Å². The SMILES string of the molecule is CCC(C)(C)NC(=O)c1cc2sccc2n1Cc1ccc(F)cc1. The van der Waals surface area contributed by atoms with Crippen molar-refractivity contribution in [1.29, 1.82) is 0 Å². The highest BCUT2D eigenvalue weighted by atomic mass is 32.1.